The van der Waals surface area contributed by atoms with E-state index in [2.05, 4.69) is 0 Å². The Balaban J connectivity index is 1.78. The number of methoxy groups -OCH3 is 3. The maximum Gasteiger partial charge on any atom is 0.284 e. The molecule has 1 atom stereocenters. The number of carbonyl (C=O) groups excluding carboxylic acids is 1. The van der Waals surface area contributed by atoms with Crippen molar-refractivity contribution in [3.63, 3.8) is 0 Å². The van der Waals surface area contributed by atoms with Gasteiger partial charge in [0.15, 0.2) is 0 Å². The highest BCUT2D eigenvalue weighted by molar-refractivity contribution is 7.12. The summed E-state index contributed by atoms with van der Waals surface area (Å²) >= 11 is 1.40. The summed E-state index contributed by atoms with van der Waals surface area (Å²) in [6.07, 6.45) is 0.542. The fourth-order valence-corrected chi connectivity index (χ4v) is 4.25. The van der Waals surface area contributed by atoms with Gasteiger partial charge in [-0.05, 0) is 29.6 Å². The molecule has 0 fully saturated rings. The molecule has 0 spiro atoms. The lowest BCUT2D eigenvalue weighted by Crippen LogP contribution is -2.26. The van der Waals surface area contributed by atoms with Gasteiger partial charge in [-0.1, -0.05) is 24.3 Å². The predicted molar refractivity (Wildman–Crippen MR) is 117 cm³/mol. The van der Waals surface area contributed by atoms with Gasteiger partial charge in [-0.15, -0.1) is 11.3 Å². The molecule has 0 unspecified atom stereocenters. The Morgan fingerprint density at radius 2 is 1.80 bits per heavy atom. The summed E-state index contributed by atoms with van der Waals surface area (Å²) in [5.41, 5.74) is 2.52. The Morgan fingerprint density at radius 3 is 2.50 bits per heavy atom. The molecule has 2 heterocycles. The Morgan fingerprint density at radius 1 is 1.00 bits per heavy atom. The molecule has 0 bridgehead atoms. The molecule has 1 aromatic heterocycles. The first-order chi connectivity index (χ1) is 14.7. The van der Waals surface area contributed by atoms with Crippen molar-refractivity contribution in [1.82, 2.24) is 5.01 Å². The minimum absolute atomic E-state index is 0.136. The Kier molecular flexibility index (Phi) is 5.72. The van der Waals surface area contributed by atoms with E-state index in [9.17, 15) is 4.79 Å². The van der Waals surface area contributed by atoms with Crippen molar-refractivity contribution in [2.75, 3.05) is 21.3 Å². The van der Waals surface area contributed by atoms with Crippen LogP contribution in [0.2, 0.25) is 0 Å². The predicted octanol–water partition coefficient (Wildman–Crippen LogP) is 4.77. The molecule has 30 heavy (non-hydrogen) atoms. The standard InChI is InChI=1S/C23H22N2O4S/c1-27-15-10-11-16(21(13-15)29-3)18-14-19(17-7-4-5-8-20(17)28-2)25(24-18)23(26)22-9-6-12-30-22/h4-13,19H,14H2,1-3H3/t19-/m0/s1. The summed E-state index contributed by atoms with van der Waals surface area (Å²) in [5.74, 6) is 1.94. The van der Waals surface area contributed by atoms with Gasteiger partial charge in [0, 0.05) is 23.6 Å². The molecule has 0 saturated heterocycles. The van der Waals surface area contributed by atoms with Crippen LogP contribution in [0.1, 0.15) is 33.3 Å². The third kappa shape index (κ3) is 3.64. The van der Waals surface area contributed by atoms with Crippen LogP contribution >= 0.6 is 11.3 Å². The van der Waals surface area contributed by atoms with Crippen molar-refractivity contribution in [3.8, 4) is 17.2 Å². The average Bonchev–Trinajstić information content (AvgIpc) is 3.48. The number of amides is 1. The van der Waals surface area contributed by atoms with E-state index in [1.165, 1.54) is 11.3 Å². The molecule has 0 N–H and O–H groups in total. The second-order valence-corrected chi connectivity index (χ2v) is 7.65. The van der Waals surface area contributed by atoms with E-state index in [-0.39, 0.29) is 11.9 Å². The third-order valence-electron chi connectivity index (χ3n) is 5.07. The lowest BCUT2D eigenvalue weighted by molar-refractivity contribution is 0.0714. The number of hydrazone groups is 1. The van der Waals surface area contributed by atoms with Gasteiger partial charge in [0.2, 0.25) is 0 Å². The van der Waals surface area contributed by atoms with E-state index in [0.717, 1.165) is 22.6 Å². The Bertz CT molecular complexity index is 1080. The van der Waals surface area contributed by atoms with Crippen LogP contribution in [-0.4, -0.2) is 38.0 Å². The van der Waals surface area contributed by atoms with Crippen LogP contribution in [0.4, 0.5) is 0 Å². The summed E-state index contributed by atoms with van der Waals surface area (Å²) in [6, 6.07) is 16.7. The summed E-state index contributed by atoms with van der Waals surface area (Å²) in [5, 5.41) is 8.19. The maximum atomic E-state index is 13.3. The van der Waals surface area contributed by atoms with E-state index in [0.29, 0.717) is 22.8 Å². The number of rotatable bonds is 6. The highest BCUT2D eigenvalue weighted by Gasteiger charge is 2.36. The summed E-state index contributed by atoms with van der Waals surface area (Å²) in [4.78, 5) is 13.9. The molecule has 7 heteroatoms. The van der Waals surface area contributed by atoms with Crippen molar-refractivity contribution in [1.29, 1.82) is 0 Å². The average molecular weight is 423 g/mol. The van der Waals surface area contributed by atoms with Crippen molar-refractivity contribution < 1.29 is 19.0 Å². The number of nitrogens with zero attached hydrogens (tertiary/aromatic N) is 2. The zero-order valence-electron chi connectivity index (χ0n) is 17.0. The highest BCUT2D eigenvalue weighted by atomic mass is 32.1. The molecule has 1 amide bonds. The first-order valence-corrected chi connectivity index (χ1v) is 10.3. The smallest absolute Gasteiger partial charge is 0.284 e. The number of ether oxygens (including phenoxy) is 3. The first-order valence-electron chi connectivity index (χ1n) is 9.46. The third-order valence-corrected chi connectivity index (χ3v) is 5.93. The monoisotopic (exact) mass is 422 g/mol. The Labute approximate surface area is 179 Å². The largest absolute Gasteiger partial charge is 0.497 e. The quantitative estimate of drug-likeness (QED) is 0.574. The van der Waals surface area contributed by atoms with Crippen LogP contribution in [0.5, 0.6) is 17.2 Å². The number of thiophene rings is 1. The van der Waals surface area contributed by atoms with Gasteiger partial charge in [0.1, 0.15) is 17.2 Å². The highest BCUT2D eigenvalue weighted by Crippen LogP contribution is 2.40. The van der Waals surface area contributed by atoms with Crippen LogP contribution in [-0.2, 0) is 0 Å². The molecular weight excluding hydrogens is 400 g/mol. The van der Waals surface area contributed by atoms with E-state index in [4.69, 9.17) is 19.3 Å². The molecule has 3 aromatic rings. The number of para-hydroxylation sites is 1. The molecule has 0 saturated carbocycles. The molecule has 1 aliphatic heterocycles. The number of benzene rings is 2. The molecule has 0 aliphatic carbocycles. The van der Waals surface area contributed by atoms with E-state index in [1.54, 1.807) is 26.3 Å². The summed E-state index contributed by atoms with van der Waals surface area (Å²) in [6.45, 7) is 0. The molecule has 0 radical (unpaired) electrons. The lowest BCUT2D eigenvalue weighted by Gasteiger charge is -2.23. The molecular formula is C23H22N2O4S. The van der Waals surface area contributed by atoms with Crippen LogP contribution in [0.15, 0.2) is 65.1 Å². The summed E-state index contributed by atoms with van der Waals surface area (Å²) in [7, 11) is 4.86. The van der Waals surface area contributed by atoms with Gasteiger partial charge >= 0.3 is 0 Å². The second kappa shape index (κ2) is 8.59. The fraction of sp³-hybridized carbons (Fsp3) is 0.217. The molecule has 4 rings (SSSR count). The van der Waals surface area contributed by atoms with Crippen molar-refractivity contribution in [3.05, 3.63) is 76.0 Å². The second-order valence-electron chi connectivity index (χ2n) is 6.70. The number of hydrogen-bond donors (Lipinski definition) is 0. The van der Waals surface area contributed by atoms with Crippen molar-refractivity contribution in [2.24, 2.45) is 5.10 Å². The van der Waals surface area contributed by atoms with Crippen LogP contribution in [0.3, 0.4) is 0 Å². The maximum absolute atomic E-state index is 13.3. The molecule has 6 nitrogen and oxygen atoms in total. The number of hydrogen-bond acceptors (Lipinski definition) is 6. The van der Waals surface area contributed by atoms with Gasteiger partial charge in [-0.25, -0.2) is 5.01 Å². The SMILES string of the molecule is COc1ccc(C2=NN(C(=O)c3cccs3)[C@H](c3ccccc3OC)C2)c(OC)c1. The van der Waals surface area contributed by atoms with Crippen LogP contribution in [0, 0.1) is 0 Å². The van der Waals surface area contributed by atoms with Crippen molar-refractivity contribution in [2.45, 2.75) is 12.5 Å². The zero-order valence-corrected chi connectivity index (χ0v) is 17.8. The lowest BCUT2D eigenvalue weighted by atomic mass is 9.97. The topological polar surface area (TPSA) is 60.4 Å². The minimum Gasteiger partial charge on any atom is -0.497 e. The fourth-order valence-electron chi connectivity index (χ4n) is 3.59. The molecule has 1 aliphatic rings. The molecule has 2 aromatic carbocycles. The molecule has 154 valence electrons. The van der Waals surface area contributed by atoms with Crippen LogP contribution < -0.4 is 14.2 Å². The van der Waals surface area contributed by atoms with Gasteiger partial charge in [0.05, 0.1) is 38.0 Å². The van der Waals surface area contributed by atoms with E-state index >= 15 is 0 Å². The normalized spacial score (nSPS) is 15.6. The van der Waals surface area contributed by atoms with Gasteiger partial charge in [-0.3, -0.25) is 4.79 Å². The Hall–Kier alpha value is -3.32. The first kappa shape index (κ1) is 20.0. The van der Waals surface area contributed by atoms with Gasteiger partial charge < -0.3 is 14.2 Å². The van der Waals surface area contributed by atoms with Crippen molar-refractivity contribution >= 4 is 23.0 Å². The van der Waals surface area contributed by atoms with Crippen LogP contribution in [0.25, 0.3) is 0 Å². The van der Waals surface area contributed by atoms with Gasteiger partial charge in [0.25, 0.3) is 5.91 Å². The van der Waals surface area contributed by atoms with E-state index < -0.39 is 0 Å². The number of carbonyl (C=O) groups is 1. The van der Waals surface area contributed by atoms with Gasteiger partial charge in [-0.2, -0.15) is 5.10 Å². The zero-order chi connectivity index (χ0) is 21.1. The van der Waals surface area contributed by atoms with E-state index in [1.807, 2.05) is 60.0 Å². The minimum atomic E-state index is -0.280. The summed E-state index contributed by atoms with van der Waals surface area (Å²) < 4.78 is 16.4.